The van der Waals surface area contributed by atoms with Crippen molar-refractivity contribution >= 4 is 29.1 Å². The number of hydrogen-bond acceptors (Lipinski definition) is 5. The van der Waals surface area contributed by atoms with Crippen molar-refractivity contribution in [2.75, 3.05) is 12.4 Å². The van der Waals surface area contributed by atoms with E-state index in [-0.39, 0.29) is 11.3 Å². The zero-order valence-electron chi connectivity index (χ0n) is 10.5. The Morgan fingerprint density at radius 1 is 1.32 bits per heavy atom. The Hall–Kier alpha value is -2.14. The average molecular weight is 278 g/mol. The summed E-state index contributed by atoms with van der Waals surface area (Å²) >= 11 is 5.75. The molecule has 0 saturated heterocycles. The molecule has 2 rings (SSSR count). The lowest BCUT2D eigenvalue weighted by molar-refractivity contribution is 0.0601. The Kier molecular flexibility index (Phi) is 3.97. The highest BCUT2D eigenvalue weighted by Gasteiger charge is 2.06. The van der Waals surface area contributed by atoms with E-state index in [4.69, 9.17) is 11.6 Å². The van der Waals surface area contributed by atoms with Gasteiger partial charge in [-0.2, -0.15) is 0 Å². The monoisotopic (exact) mass is 277 g/mol. The number of halogens is 1. The number of esters is 1. The predicted octanol–water partition coefficient (Wildman–Crippen LogP) is 2.97. The molecule has 0 atom stereocenters. The van der Waals surface area contributed by atoms with E-state index in [0.717, 1.165) is 11.3 Å². The number of aromatic nitrogens is 2. The molecule has 6 heteroatoms. The Labute approximate surface area is 115 Å². The third-order valence-corrected chi connectivity index (χ3v) is 2.69. The fourth-order valence-corrected chi connectivity index (χ4v) is 1.62. The number of nitrogens with one attached hydrogen (secondary N) is 1. The minimum Gasteiger partial charge on any atom is -0.465 e. The lowest BCUT2D eigenvalue weighted by Gasteiger charge is -2.08. The molecule has 1 N–H and O–H groups in total. The third kappa shape index (κ3) is 3.20. The molecule has 19 heavy (non-hydrogen) atoms. The first-order chi connectivity index (χ1) is 9.10. The van der Waals surface area contributed by atoms with E-state index in [1.54, 1.807) is 30.5 Å². The summed E-state index contributed by atoms with van der Waals surface area (Å²) in [6.07, 6.45) is 1.64. The molecule has 0 aliphatic rings. The highest BCUT2D eigenvalue weighted by Crippen LogP contribution is 2.19. The second kappa shape index (κ2) is 5.67. The van der Waals surface area contributed by atoms with E-state index >= 15 is 0 Å². The maximum Gasteiger partial charge on any atom is 0.337 e. The van der Waals surface area contributed by atoms with E-state index in [1.165, 1.54) is 7.11 Å². The molecule has 98 valence electrons. The molecular formula is C13H12ClN3O2. The van der Waals surface area contributed by atoms with Crippen LogP contribution in [0.25, 0.3) is 0 Å². The number of methoxy groups -OCH3 is 1. The summed E-state index contributed by atoms with van der Waals surface area (Å²) < 4.78 is 4.63. The molecule has 0 spiro atoms. The second-order valence-corrected chi connectivity index (χ2v) is 4.20. The number of benzene rings is 1. The lowest BCUT2D eigenvalue weighted by Crippen LogP contribution is -2.02. The summed E-state index contributed by atoms with van der Waals surface area (Å²) in [6, 6.07) is 6.88. The Morgan fingerprint density at radius 3 is 2.63 bits per heavy atom. The van der Waals surface area contributed by atoms with Gasteiger partial charge in [0.25, 0.3) is 0 Å². The van der Waals surface area contributed by atoms with Gasteiger partial charge in [0.1, 0.15) is 5.82 Å². The number of ether oxygens (including phenoxy) is 1. The van der Waals surface area contributed by atoms with Gasteiger partial charge in [-0.05, 0) is 42.8 Å². The smallest absolute Gasteiger partial charge is 0.337 e. The van der Waals surface area contributed by atoms with Crippen molar-refractivity contribution in [3.8, 4) is 0 Å². The van der Waals surface area contributed by atoms with Crippen molar-refractivity contribution in [1.29, 1.82) is 0 Å². The molecule has 0 unspecified atom stereocenters. The molecule has 0 radical (unpaired) electrons. The van der Waals surface area contributed by atoms with Crippen LogP contribution in [0.3, 0.4) is 0 Å². The van der Waals surface area contributed by atoms with Gasteiger partial charge in [0.2, 0.25) is 5.28 Å². The summed E-state index contributed by atoms with van der Waals surface area (Å²) in [5.74, 6) is 0.263. The summed E-state index contributed by atoms with van der Waals surface area (Å²) in [5, 5.41) is 3.29. The van der Waals surface area contributed by atoms with Crippen molar-refractivity contribution in [3.63, 3.8) is 0 Å². The van der Waals surface area contributed by atoms with Gasteiger partial charge in [-0.1, -0.05) is 0 Å². The number of aryl methyl sites for hydroxylation is 1. The fraction of sp³-hybridized carbons (Fsp3) is 0.154. The standard InChI is InChI=1S/C13H12ClN3O2/c1-8-7-15-13(14)17-11(8)16-10-5-3-9(4-6-10)12(18)19-2/h3-7H,1-2H3,(H,15,16,17). The van der Waals surface area contributed by atoms with Crippen molar-refractivity contribution in [2.45, 2.75) is 6.92 Å². The molecule has 5 nitrogen and oxygen atoms in total. The lowest BCUT2D eigenvalue weighted by atomic mass is 10.2. The Morgan fingerprint density at radius 2 is 2.00 bits per heavy atom. The zero-order chi connectivity index (χ0) is 13.8. The largest absolute Gasteiger partial charge is 0.465 e. The van der Waals surface area contributed by atoms with Gasteiger partial charge in [-0.25, -0.2) is 14.8 Å². The van der Waals surface area contributed by atoms with Gasteiger partial charge in [-0.3, -0.25) is 0 Å². The summed E-state index contributed by atoms with van der Waals surface area (Å²) in [4.78, 5) is 19.3. The van der Waals surface area contributed by atoms with E-state index in [0.29, 0.717) is 11.4 Å². The number of anilines is 2. The van der Waals surface area contributed by atoms with Gasteiger partial charge in [-0.15, -0.1) is 0 Å². The van der Waals surface area contributed by atoms with Crippen LogP contribution in [0.1, 0.15) is 15.9 Å². The van der Waals surface area contributed by atoms with Crippen LogP contribution in [0.4, 0.5) is 11.5 Å². The molecule has 1 heterocycles. The van der Waals surface area contributed by atoms with Crippen LogP contribution in [0.5, 0.6) is 0 Å². The minimum absolute atomic E-state index is 0.180. The van der Waals surface area contributed by atoms with Gasteiger partial charge in [0, 0.05) is 17.4 Å². The number of carbonyl (C=O) groups is 1. The minimum atomic E-state index is -0.368. The summed E-state index contributed by atoms with van der Waals surface area (Å²) in [7, 11) is 1.35. The van der Waals surface area contributed by atoms with E-state index < -0.39 is 0 Å². The SMILES string of the molecule is COC(=O)c1ccc(Nc2nc(Cl)ncc2C)cc1. The second-order valence-electron chi connectivity index (χ2n) is 3.86. The molecule has 1 aromatic carbocycles. The first-order valence-corrected chi connectivity index (χ1v) is 5.92. The third-order valence-electron chi connectivity index (χ3n) is 2.51. The summed E-state index contributed by atoms with van der Waals surface area (Å²) in [5.41, 5.74) is 2.16. The Balaban J connectivity index is 2.19. The molecule has 0 saturated carbocycles. The van der Waals surface area contributed by atoms with Crippen LogP contribution in [-0.4, -0.2) is 23.0 Å². The maximum atomic E-state index is 11.3. The number of rotatable bonds is 3. The van der Waals surface area contributed by atoms with Crippen LogP contribution in [0.15, 0.2) is 30.5 Å². The first-order valence-electron chi connectivity index (χ1n) is 5.54. The van der Waals surface area contributed by atoms with Crippen LogP contribution in [0, 0.1) is 6.92 Å². The highest BCUT2D eigenvalue weighted by atomic mass is 35.5. The topological polar surface area (TPSA) is 64.1 Å². The maximum absolute atomic E-state index is 11.3. The zero-order valence-corrected chi connectivity index (χ0v) is 11.2. The number of carbonyl (C=O) groups excluding carboxylic acids is 1. The molecule has 0 fully saturated rings. The van der Waals surface area contributed by atoms with Crippen LogP contribution < -0.4 is 5.32 Å². The van der Waals surface area contributed by atoms with Crippen molar-refractivity contribution in [3.05, 3.63) is 46.9 Å². The Bertz CT molecular complexity index is 599. The highest BCUT2D eigenvalue weighted by molar-refractivity contribution is 6.28. The van der Waals surface area contributed by atoms with Crippen LogP contribution in [0.2, 0.25) is 5.28 Å². The summed E-state index contributed by atoms with van der Waals surface area (Å²) in [6.45, 7) is 1.88. The van der Waals surface area contributed by atoms with Crippen LogP contribution >= 0.6 is 11.6 Å². The molecule has 0 amide bonds. The van der Waals surface area contributed by atoms with E-state index in [1.807, 2.05) is 6.92 Å². The van der Waals surface area contributed by atoms with Gasteiger partial charge < -0.3 is 10.1 Å². The molecule has 0 bridgehead atoms. The van der Waals surface area contributed by atoms with E-state index in [9.17, 15) is 4.79 Å². The quantitative estimate of drug-likeness (QED) is 0.690. The van der Waals surface area contributed by atoms with Crippen molar-refractivity contribution in [2.24, 2.45) is 0 Å². The number of nitrogens with zero attached hydrogens (tertiary/aromatic N) is 2. The molecule has 0 aliphatic carbocycles. The van der Waals surface area contributed by atoms with E-state index in [2.05, 4.69) is 20.0 Å². The molecule has 1 aromatic heterocycles. The van der Waals surface area contributed by atoms with Crippen LogP contribution in [-0.2, 0) is 4.74 Å². The number of hydrogen-bond donors (Lipinski definition) is 1. The average Bonchev–Trinajstić information content (AvgIpc) is 2.43. The normalized spacial score (nSPS) is 10.1. The fourth-order valence-electron chi connectivity index (χ4n) is 1.49. The van der Waals surface area contributed by atoms with Gasteiger partial charge in [0.05, 0.1) is 12.7 Å². The molecular weight excluding hydrogens is 266 g/mol. The van der Waals surface area contributed by atoms with Gasteiger partial charge >= 0.3 is 5.97 Å². The van der Waals surface area contributed by atoms with Gasteiger partial charge in [0.15, 0.2) is 0 Å². The molecule has 2 aromatic rings. The molecule has 0 aliphatic heterocycles. The van der Waals surface area contributed by atoms with Crippen molar-refractivity contribution in [1.82, 2.24) is 9.97 Å². The first kappa shape index (κ1) is 13.3. The van der Waals surface area contributed by atoms with Crippen molar-refractivity contribution < 1.29 is 9.53 Å². The predicted molar refractivity (Wildman–Crippen MR) is 72.8 cm³/mol.